The normalized spacial score (nSPS) is 18.2. The molecule has 1 atom stereocenters. The van der Waals surface area contributed by atoms with Gasteiger partial charge in [0.2, 0.25) is 0 Å². The van der Waals surface area contributed by atoms with E-state index in [2.05, 4.69) is 10.2 Å². The molecule has 4 heterocycles. The van der Waals surface area contributed by atoms with Gasteiger partial charge in [0.25, 0.3) is 5.91 Å². The van der Waals surface area contributed by atoms with Crippen LogP contribution in [0.2, 0.25) is 0 Å². The molecule has 4 rings (SSSR count). The Labute approximate surface area is 138 Å². The van der Waals surface area contributed by atoms with E-state index in [0.717, 1.165) is 46.7 Å². The fraction of sp³-hybridized carbons (Fsp3) is 0.438. The Kier molecular flexibility index (Phi) is 3.45. The second-order valence-electron chi connectivity index (χ2n) is 6.06. The quantitative estimate of drug-likeness (QED) is 0.741. The van der Waals surface area contributed by atoms with Crippen molar-refractivity contribution in [3.05, 3.63) is 35.1 Å². The zero-order chi connectivity index (χ0) is 16.0. The molecule has 0 aromatic carbocycles. The summed E-state index contributed by atoms with van der Waals surface area (Å²) < 4.78 is 3.77. The first kappa shape index (κ1) is 14.4. The van der Waals surface area contributed by atoms with Gasteiger partial charge in [-0.2, -0.15) is 10.2 Å². The number of carbonyl (C=O) groups excluding carboxylic acids is 1. The highest BCUT2D eigenvalue weighted by Crippen LogP contribution is 2.30. The van der Waals surface area contributed by atoms with E-state index in [0.29, 0.717) is 0 Å². The Morgan fingerprint density at radius 3 is 3.09 bits per heavy atom. The number of nitrogens with zero attached hydrogens (tertiary/aromatic N) is 5. The van der Waals surface area contributed by atoms with E-state index in [-0.39, 0.29) is 11.9 Å². The molecule has 120 valence electrons. The number of aryl methyl sites for hydroxylation is 2. The largest absolute Gasteiger partial charge is 0.333 e. The van der Waals surface area contributed by atoms with Crippen molar-refractivity contribution in [3.8, 4) is 0 Å². The summed E-state index contributed by atoms with van der Waals surface area (Å²) in [6.45, 7) is 3.58. The van der Waals surface area contributed by atoms with E-state index in [1.807, 2.05) is 46.6 Å². The number of hydrogen-bond acceptors (Lipinski definition) is 4. The highest BCUT2D eigenvalue weighted by Gasteiger charge is 2.31. The van der Waals surface area contributed by atoms with Crippen molar-refractivity contribution in [2.24, 2.45) is 7.05 Å². The first-order valence-corrected chi connectivity index (χ1v) is 8.66. The number of likely N-dealkylation sites (tertiary alicyclic amines) is 1. The minimum atomic E-state index is 0.139. The van der Waals surface area contributed by atoms with Gasteiger partial charge in [0, 0.05) is 31.4 Å². The summed E-state index contributed by atoms with van der Waals surface area (Å²) in [7, 11) is 1.93. The zero-order valence-corrected chi connectivity index (χ0v) is 14.1. The molecule has 0 unspecified atom stereocenters. The van der Waals surface area contributed by atoms with Crippen molar-refractivity contribution in [2.45, 2.75) is 32.4 Å². The molecule has 1 aliphatic heterocycles. The van der Waals surface area contributed by atoms with Crippen LogP contribution < -0.4 is 0 Å². The standard InChI is InChI=1S/C16H19N5OS/c1-11-13-9-14(23-16(13)19(2)18-11)15(22)21-8-3-5-12(21)10-20-7-4-6-17-20/h4,6-7,9,12H,3,5,8,10H2,1-2H3/t12-/m0/s1. The van der Waals surface area contributed by atoms with Gasteiger partial charge >= 0.3 is 0 Å². The lowest BCUT2D eigenvalue weighted by Crippen LogP contribution is -2.37. The van der Waals surface area contributed by atoms with Crippen LogP contribution in [0, 0.1) is 6.92 Å². The lowest BCUT2D eigenvalue weighted by Gasteiger charge is -2.24. The van der Waals surface area contributed by atoms with Crippen LogP contribution in [0.4, 0.5) is 0 Å². The Bertz CT molecular complexity index is 813. The Hall–Kier alpha value is -2.15. The Balaban J connectivity index is 1.60. The summed E-state index contributed by atoms with van der Waals surface area (Å²) in [6, 6.07) is 4.14. The minimum absolute atomic E-state index is 0.139. The maximum absolute atomic E-state index is 13.0. The van der Waals surface area contributed by atoms with Gasteiger partial charge in [-0.05, 0) is 31.9 Å². The topological polar surface area (TPSA) is 56.0 Å². The minimum Gasteiger partial charge on any atom is -0.333 e. The lowest BCUT2D eigenvalue weighted by atomic mass is 10.2. The second-order valence-corrected chi connectivity index (χ2v) is 7.09. The molecule has 0 bridgehead atoms. The number of rotatable bonds is 3. The molecule has 3 aromatic heterocycles. The van der Waals surface area contributed by atoms with Crippen LogP contribution in [0.25, 0.3) is 10.2 Å². The zero-order valence-electron chi connectivity index (χ0n) is 13.3. The summed E-state index contributed by atoms with van der Waals surface area (Å²) in [5.74, 6) is 0.139. The Morgan fingerprint density at radius 2 is 2.35 bits per heavy atom. The Morgan fingerprint density at radius 1 is 1.48 bits per heavy atom. The number of carbonyl (C=O) groups is 1. The van der Waals surface area contributed by atoms with Gasteiger partial charge in [-0.15, -0.1) is 11.3 Å². The summed E-state index contributed by atoms with van der Waals surface area (Å²) in [5, 5.41) is 9.76. The number of amides is 1. The van der Waals surface area contributed by atoms with Crippen LogP contribution in [0.1, 0.15) is 28.2 Å². The molecule has 23 heavy (non-hydrogen) atoms. The summed E-state index contributed by atoms with van der Waals surface area (Å²) in [6.07, 6.45) is 5.83. The van der Waals surface area contributed by atoms with E-state index in [4.69, 9.17) is 0 Å². The molecule has 0 saturated carbocycles. The van der Waals surface area contributed by atoms with Gasteiger partial charge in [-0.1, -0.05) is 0 Å². The maximum atomic E-state index is 13.0. The third-order valence-corrected chi connectivity index (χ3v) is 5.69. The predicted octanol–water partition coefficient (Wildman–Crippen LogP) is 2.44. The molecule has 0 N–H and O–H groups in total. The van der Waals surface area contributed by atoms with Crippen LogP contribution in [0.3, 0.4) is 0 Å². The van der Waals surface area contributed by atoms with E-state index in [1.165, 1.54) is 11.3 Å². The third kappa shape index (κ3) is 2.45. The molecule has 3 aromatic rings. The van der Waals surface area contributed by atoms with E-state index < -0.39 is 0 Å². The molecule has 1 saturated heterocycles. The van der Waals surface area contributed by atoms with E-state index >= 15 is 0 Å². The third-order valence-electron chi connectivity index (χ3n) is 4.50. The van der Waals surface area contributed by atoms with Crippen molar-refractivity contribution in [1.29, 1.82) is 0 Å². The molecular weight excluding hydrogens is 310 g/mol. The van der Waals surface area contributed by atoms with Crippen molar-refractivity contribution < 1.29 is 4.79 Å². The first-order valence-electron chi connectivity index (χ1n) is 7.85. The average Bonchev–Trinajstić information content (AvgIpc) is 3.28. The molecular formula is C16H19N5OS. The fourth-order valence-corrected chi connectivity index (χ4v) is 4.45. The fourth-order valence-electron chi connectivity index (χ4n) is 3.37. The SMILES string of the molecule is Cc1nn(C)c2sc(C(=O)N3CCC[C@H]3Cn3cccn3)cc12. The van der Waals surface area contributed by atoms with Crippen LogP contribution in [0.15, 0.2) is 24.5 Å². The molecule has 6 nitrogen and oxygen atoms in total. The molecule has 0 aliphatic carbocycles. The van der Waals surface area contributed by atoms with Crippen molar-refractivity contribution in [3.63, 3.8) is 0 Å². The van der Waals surface area contributed by atoms with Crippen LogP contribution in [-0.4, -0.2) is 43.0 Å². The first-order chi connectivity index (χ1) is 11.1. The lowest BCUT2D eigenvalue weighted by molar-refractivity contribution is 0.0726. The number of thiophene rings is 1. The molecule has 7 heteroatoms. The van der Waals surface area contributed by atoms with Crippen LogP contribution in [0.5, 0.6) is 0 Å². The van der Waals surface area contributed by atoms with Gasteiger partial charge in [0.05, 0.1) is 23.2 Å². The molecule has 0 radical (unpaired) electrons. The number of fused-ring (bicyclic) bond motifs is 1. The summed E-state index contributed by atoms with van der Waals surface area (Å²) >= 11 is 1.54. The molecule has 0 spiro atoms. The predicted molar refractivity (Wildman–Crippen MR) is 89.6 cm³/mol. The maximum Gasteiger partial charge on any atom is 0.264 e. The highest BCUT2D eigenvalue weighted by molar-refractivity contribution is 7.20. The number of aromatic nitrogens is 4. The van der Waals surface area contributed by atoms with Crippen LogP contribution in [-0.2, 0) is 13.6 Å². The highest BCUT2D eigenvalue weighted by atomic mass is 32.1. The van der Waals surface area contributed by atoms with Gasteiger partial charge in [-0.25, -0.2) is 0 Å². The van der Waals surface area contributed by atoms with Gasteiger partial charge in [-0.3, -0.25) is 14.2 Å². The van der Waals surface area contributed by atoms with Gasteiger partial charge in [0.15, 0.2) is 0 Å². The van der Waals surface area contributed by atoms with Crippen LogP contribution >= 0.6 is 11.3 Å². The molecule has 1 amide bonds. The smallest absolute Gasteiger partial charge is 0.264 e. The van der Waals surface area contributed by atoms with E-state index in [9.17, 15) is 4.79 Å². The van der Waals surface area contributed by atoms with Crippen molar-refractivity contribution in [1.82, 2.24) is 24.5 Å². The molecule has 1 aliphatic rings. The second kappa shape index (κ2) is 5.49. The number of hydrogen-bond donors (Lipinski definition) is 0. The van der Waals surface area contributed by atoms with Crippen molar-refractivity contribution >= 4 is 27.5 Å². The summed E-state index contributed by atoms with van der Waals surface area (Å²) in [4.78, 5) is 16.8. The monoisotopic (exact) mass is 329 g/mol. The van der Waals surface area contributed by atoms with Gasteiger partial charge < -0.3 is 4.90 Å². The molecule has 1 fully saturated rings. The van der Waals surface area contributed by atoms with E-state index in [1.54, 1.807) is 6.20 Å². The van der Waals surface area contributed by atoms with Crippen molar-refractivity contribution in [2.75, 3.05) is 6.54 Å². The van der Waals surface area contributed by atoms with Gasteiger partial charge in [0.1, 0.15) is 4.83 Å². The summed E-state index contributed by atoms with van der Waals surface area (Å²) in [5.41, 5.74) is 0.979. The average molecular weight is 329 g/mol.